The summed E-state index contributed by atoms with van der Waals surface area (Å²) in [6, 6.07) is 0.736. The first-order valence-electron chi connectivity index (χ1n) is 8.18. The summed E-state index contributed by atoms with van der Waals surface area (Å²) in [6.45, 7) is 10.5. The third kappa shape index (κ3) is 3.69. The van der Waals surface area contributed by atoms with Gasteiger partial charge in [0.15, 0.2) is 0 Å². The monoisotopic (exact) mass is 267 g/mol. The van der Waals surface area contributed by atoms with Gasteiger partial charge in [-0.15, -0.1) is 0 Å². The first kappa shape index (κ1) is 13.8. The molecule has 2 atom stereocenters. The lowest BCUT2D eigenvalue weighted by molar-refractivity contribution is -0.00941. The van der Waals surface area contributed by atoms with E-state index in [1.807, 2.05) is 0 Å². The Balaban J connectivity index is 1.56. The molecule has 3 saturated heterocycles. The number of morpholine rings is 1. The highest BCUT2D eigenvalue weighted by Crippen LogP contribution is 2.22. The second-order valence-electron chi connectivity index (χ2n) is 6.33. The Bertz CT molecular complexity index is 262. The Hall–Kier alpha value is -0.160. The van der Waals surface area contributed by atoms with Crippen LogP contribution in [-0.4, -0.2) is 74.9 Å². The van der Waals surface area contributed by atoms with Crippen LogP contribution in [0.15, 0.2) is 0 Å². The van der Waals surface area contributed by atoms with Gasteiger partial charge in [-0.3, -0.25) is 4.90 Å². The number of likely N-dealkylation sites (tertiary alicyclic amines) is 1. The third-order valence-corrected chi connectivity index (χ3v) is 5.05. The Labute approximate surface area is 117 Å². The fourth-order valence-corrected chi connectivity index (χ4v) is 3.92. The number of hydrogen-bond acceptors (Lipinski definition) is 4. The Morgan fingerprint density at radius 3 is 2.58 bits per heavy atom. The minimum atomic E-state index is 0.736. The van der Waals surface area contributed by atoms with Gasteiger partial charge in [-0.1, -0.05) is 6.42 Å². The zero-order chi connectivity index (χ0) is 12.9. The van der Waals surface area contributed by atoms with Crippen LogP contribution in [-0.2, 0) is 4.74 Å². The van der Waals surface area contributed by atoms with Gasteiger partial charge in [0.25, 0.3) is 0 Å². The quantitative estimate of drug-likeness (QED) is 0.818. The van der Waals surface area contributed by atoms with Gasteiger partial charge >= 0.3 is 0 Å². The van der Waals surface area contributed by atoms with Crippen molar-refractivity contribution >= 4 is 0 Å². The fourth-order valence-electron chi connectivity index (χ4n) is 3.92. The van der Waals surface area contributed by atoms with E-state index < -0.39 is 0 Å². The average molecular weight is 267 g/mol. The molecule has 0 amide bonds. The molecule has 0 spiro atoms. The van der Waals surface area contributed by atoms with Gasteiger partial charge in [0, 0.05) is 32.2 Å². The first-order chi connectivity index (χ1) is 9.43. The van der Waals surface area contributed by atoms with E-state index >= 15 is 0 Å². The van der Waals surface area contributed by atoms with Gasteiger partial charge in [0.2, 0.25) is 0 Å². The molecule has 3 rings (SSSR count). The van der Waals surface area contributed by atoms with Crippen molar-refractivity contribution in [2.24, 2.45) is 5.92 Å². The molecule has 0 aliphatic carbocycles. The van der Waals surface area contributed by atoms with Crippen molar-refractivity contribution in [2.75, 3.05) is 59.0 Å². The zero-order valence-electron chi connectivity index (χ0n) is 12.1. The molecule has 4 heteroatoms. The van der Waals surface area contributed by atoms with Gasteiger partial charge in [-0.05, 0) is 44.8 Å². The number of rotatable bonds is 3. The molecule has 0 aromatic rings. The summed E-state index contributed by atoms with van der Waals surface area (Å²) < 4.78 is 5.50. The van der Waals surface area contributed by atoms with E-state index in [1.165, 1.54) is 58.4 Å². The zero-order valence-corrected chi connectivity index (χ0v) is 12.1. The summed E-state index contributed by atoms with van der Waals surface area (Å²) in [7, 11) is 0. The van der Waals surface area contributed by atoms with Crippen molar-refractivity contribution in [2.45, 2.75) is 31.7 Å². The summed E-state index contributed by atoms with van der Waals surface area (Å²) in [5.74, 6) is 0.859. The number of nitrogens with one attached hydrogen (secondary N) is 1. The molecule has 0 saturated carbocycles. The average Bonchev–Trinajstić information content (AvgIpc) is 2.50. The predicted molar refractivity (Wildman–Crippen MR) is 77.4 cm³/mol. The van der Waals surface area contributed by atoms with Crippen LogP contribution in [0.1, 0.15) is 25.7 Å². The summed E-state index contributed by atoms with van der Waals surface area (Å²) in [4.78, 5) is 5.39. The highest BCUT2D eigenvalue weighted by Gasteiger charge is 2.32. The Morgan fingerprint density at radius 1 is 1.00 bits per heavy atom. The van der Waals surface area contributed by atoms with Crippen LogP contribution in [0.3, 0.4) is 0 Å². The van der Waals surface area contributed by atoms with E-state index in [-0.39, 0.29) is 0 Å². The molecule has 1 N–H and O–H groups in total. The molecule has 0 bridgehead atoms. The van der Waals surface area contributed by atoms with Crippen LogP contribution in [0.25, 0.3) is 0 Å². The topological polar surface area (TPSA) is 27.7 Å². The third-order valence-electron chi connectivity index (χ3n) is 5.05. The lowest BCUT2D eigenvalue weighted by atomic mass is 9.90. The lowest BCUT2D eigenvalue weighted by Gasteiger charge is -2.44. The van der Waals surface area contributed by atoms with Crippen LogP contribution in [0, 0.1) is 5.92 Å². The van der Waals surface area contributed by atoms with Crippen LogP contribution >= 0.6 is 0 Å². The van der Waals surface area contributed by atoms with Gasteiger partial charge in [0.05, 0.1) is 13.2 Å². The van der Waals surface area contributed by atoms with Crippen molar-refractivity contribution in [3.05, 3.63) is 0 Å². The maximum atomic E-state index is 5.50. The van der Waals surface area contributed by atoms with E-state index in [1.54, 1.807) is 0 Å². The minimum absolute atomic E-state index is 0.736. The Morgan fingerprint density at radius 2 is 1.79 bits per heavy atom. The van der Waals surface area contributed by atoms with Crippen molar-refractivity contribution in [1.29, 1.82) is 0 Å². The van der Waals surface area contributed by atoms with E-state index in [9.17, 15) is 0 Å². The number of ether oxygens (including phenoxy) is 1. The van der Waals surface area contributed by atoms with Crippen LogP contribution < -0.4 is 5.32 Å². The van der Waals surface area contributed by atoms with Gasteiger partial charge in [-0.2, -0.15) is 0 Å². The molecule has 2 unspecified atom stereocenters. The molecule has 4 nitrogen and oxygen atoms in total. The second-order valence-corrected chi connectivity index (χ2v) is 6.33. The van der Waals surface area contributed by atoms with Gasteiger partial charge in [-0.25, -0.2) is 0 Å². The number of hydrogen-bond donors (Lipinski definition) is 1. The van der Waals surface area contributed by atoms with Crippen molar-refractivity contribution in [3.63, 3.8) is 0 Å². The van der Waals surface area contributed by atoms with E-state index in [0.29, 0.717) is 0 Å². The summed E-state index contributed by atoms with van der Waals surface area (Å²) >= 11 is 0. The molecule has 3 heterocycles. The highest BCUT2D eigenvalue weighted by atomic mass is 16.5. The fraction of sp³-hybridized carbons (Fsp3) is 1.00. The molecule has 3 fully saturated rings. The normalized spacial score (nSPS) is 35.4. The van der Waals surface area contributed by atoms with Crippen molar-refractivity contribution in [1.82, 2.24) is 15.1 Å². The van der Waals surface area contributed by atoms with Crippen LogP contribution in [0.2, 0.25) is 0 Å². The SMILES string of the molecule is C1CCN(CC2CCNCC2N2CCOCC2)CC1. The van der Waals surface area contributed by atoms with Crippen molar-refractivity contribution in [3.8, 4) is 0 Å². The van der Waals surface area contributed by atoms with E-state index in [4.69, 9.17) is 4.74 Å². The first-order valence-corrected chi connectivity index (χ1v) is 8.18. The highest BCUT2D eigenvalue weighted by molar-refractivity contribution is 4.88. The smallest absolute Gasteiger partial charge is 0.0594 e. The largest absolute Gasteiger partial charge is 0.379 e. The van der Waals surface area contributed by atoms with E-state index in [0.717, 1.165) is 38.3 Å². The summed E-state index contributed by atoms with van der Waals surface area (Å²) in [5, 5.41) is 3.60. The van der Waals surface area contributed by atoms with Gasteiger partial charge in [0.1, 0.15) is 0 Å². The minimum Gasteiger partial charge on any atom is -0.379 e. The molecule has 0 aromatic carbocycles. The summed E-state index contributed by atoms with van der Waals surface area (Å²) in [6.07, 6.45) is 5.61. The maximum Gasteiger partial charge on any atom is 0.0594 e. The second kappa shape index (κ2) is 7.02. The molecule has 3 aliphatic rings. The van der Waals surface area contributed by atoms with Crippen molar-refractivity contribution < 1.29 is 4.74 Å². The van der Waals surface area contributed by atoms with E-state index in [2.05, 4.69) is 15.1 Å². The molecule has 3 aliphatic heterocycles. The molecular formula is C15H29N3O. The molecular weight excluding hydrogens is 238 g/mol. The molecule has 19 heavy (non-hydrogen) atoms. The number of piperidine rings is 2. The van der Waals surface area contributed by atoms with Crippen LogP contribution in [0.4, 0.5) is 0 Å². The van der Waals surface area contributed by atoms with Crippen LogP contribution in [0.5, 0.6) is 0 Å². The molecule has 110 valence electrons. The molecule has 0 radical (unpaired) electrons. The lowest BCUT2D eigenvalue weighted by Crippen LogP contribution is -2.56. The predicted octanol–water partition coefficient (Wildman–Crippen LogP) is 0.783. The molecule has 0 aromatic heterocycles. The number of nitrogens with zero attached hydrogens (tertiary/aromatic N) is 2. The van der Waals surface area contributed by atoms with Gasteiger partial charge < -0.3 is 15.0 Å². The maximum absolute atomic E-state index is 5.50. The Kier molecular flexibility index (Phi) is 5.10. The summed E-state index contributed by atoms with van der Waals surface area (Å²) in [5.41, 5.74) is 0. The standard InChI is InChI=1S/C15H29N3O/c1-2-6-17(7-3-1)13-14-4-5-16-12-15(14)18-8-10-19-11-9-18/h14-16H,1-13H2.